The second-order valence-electron chi connectivity index (χ2n) is 7.43. The molecule has 1 saturated heterocycles. The molecule has 0 bridgehead atoms. The predicted molar refractivity (Wildman–Crippen MR) is 110 cm³/mol. The first-order valence-corrected chi connectivity index (χ1v) is 9.81. The predicted octanol–water partition coefficient (Wildman–Crippen LogP) is 1.58. The van der Waals surface area contributed by atoms with E-state index in [9.17, 15) is 9.59 Å². The van der Waals surface area contributed by atoms with Gasteiger partial charge in [-0.15, -0.1) is 0 Å². The number of benzene rings is 2. The number of hydrogen-bond donors (Lipinski definition) is 2. The van der Waals surface area contributed by atoms with Gasteiger partial charge in [0.15, 0.2) is 0 Å². The van der Waals surface area contributed by atoms with Crippen molar-refractivity contribution in [3.05, 3.63) is 71.3 Å². The molecule has 1 aliphatic rings. The fraction of sp³-hybridized carbons (Fsp3) is 0.364. The van der Waals surface area contributed by atoms with E-state index in [0.29, 0.717) is 12.1 Å². The molecule has 1 fully saturated rings. The monoisotopic (exact) mass is 396 g/mol. The van der Waals surface area contributed by atoms with Crippen molar-refractivity contribution in [3.63, 3.8) is 0 Å². The van der Waals surface area contributed by atoms with Crippen LogP contribution in [0.2, 0.25) is 0 Å². The molecule has 0 aromatic heterocycles. The smallest absolute Gasteiger partial charge is 0.257 e. The summed E-state index contributed by atoms with van der Waals surface area (Å²) in [6.07, 6.45) is 0. The second-order valence-corrected chi connectivity index (χ2v) is 7.43. The molecule has 2 amide bonds. The molecule has 1 aliphatic heterocycles. The van der Waals surface area contributed by atoms with Gasteiger partial charge in [0.1, 0.15) is 0 Å². The number of carbonyl (C=O) groups excluding carboxylic acids is 2. The van der Waals surface area contributed by atoms with Gasteiger partial charge in [0.2, 0.25) is 0 Å². The lowest BCUT2D eigenvalue weighted by atomic mass is 10.1. The van der Waals surface area contributed by atoms with Gasteiger partial charge in [0.05, 0.1) is 6.54 Å². The Morgan fingerprint density at radius 1 is 0.931 bits per heavy atom. The lowest BCUT2D eigenvalue weighted by molar-refractivity contribution is -0.130. The highest BCUT2D eigenvalue weighted by Gasteiger charge is 2.19. The molecule has 3 rings (SSSR count). The van der Waals surface area contributed by atoms with Crippen LogP contribution in [0.25, 0.3) is 0 Å². The standard InChI is InChI=1S/C22H28N4O3/c1-24(15-18-5-3-2-4-6-18)22(28)20-9-7-19(8-10-20)16-25-11-13-26(14-12-25)17-21(27)23-29/h2-10,29H,11-17H2,1H3,(H,23,27). The van der Waals surface area contributed by atoms with Crippen molar-refractivity contribution in [1.82, 2.24) is 20.2 Å². The normalized spacial score (nSPS) is 15.1. The van der Waals surface area contributed by atoms with Crippen molar-refractivity contribution in [1.29, 1.82) is 0 Å². The molecular formula is C22H28N4O3. The molecular weight excluding hydrogens is 368 g/mol. The van der Waals surface area contributed by atoms with Gasteiger partial charge in [-0.25, -0.2) is 5.48 Å². The number of rotatable bonds is 7. The molecule has 7 heteroatoms. The van der Waals surface area contributed by atoms with Crippen molar-refractivity contribution in [2.24, 2.45) is 0 Å². The van der Waals surface area contributed by atoms with Crippen molar-refractivity contribution in [2.75, 3.05) is 39.8 Å². The van der Waals surface area contributed by atoms with E-state index in [1.54, 1.807) is 10.4 Å². The van der Waals surface area contributed by atoms with Crippen molar-refractivity contribution in [3.8, 4) is 0 Å². The molecule has 2 aromatic rings. The fourth-order valence-corrected chi connectivity index (χ4v) is 3.50. The van der Waals surface area contributed by atoms with E-state index in [1.165, 1.54) is 0 Å². The fourth-order valence-electron chi connectivity index (χ4n) is 3.50. The first kappa shape index (κ1) is 21.0. The van der Waals surface area contributed by atoms with Crippen molar-refractivity contribution >= 4 is 11.8 Å². The van der Waals surface area contributed by atoms with Gasteiger partial charge in [-0.1, -0.05) is 42.5 Å². The minimum absolute atomic E-state index is 0.0103. The minimum Gasteiger partial charge on any atom is -0.337 e. The summed E-state index contributed by atoms with van der Waals surface area (Å²) in [5, 5.41) is 8.62. The molecule has 29 heavy (non-hydrogen) atoms. The third-order valence-electron chi connectivity index (χ3n) is 5.17. The summed E-state index contributed by atoms with van der Waals surface area (Å²) >= 11 is 0. The Labute approximate surface area is 171 Å². The van der Waals surface area contributed by atoms with Crippen LogP contribution >= 0.6 is 0 Å². The quantitative estimate of drug-likeness (QED) is 0.549. The van der Waals surface area contributed by atoms with Gasteiger partial charge >= 0.3 is 0 Å². The zero-order valence-electron chi connectivity index (χ0n) is 16.8. The van der Waals surface area contributed by atoms with Crippen LogP contribution < -0.4 is 5.48 Å². The third-order valence-corrected chi connectivity index (χ3v) is 5.17. The molecule has 1 heterocycles. The Balaban J connectivity index is 1.49. The maximum Gasteiger partial charge on any atom is 0.257 e. The topological polar surface area (TPSA) is 76.1 Å². The molecule has 0 aliphatic carbocycles. The van der Waals surface area contributed by atoms with Crippen LogP contribution in [-0.2, 0) is 17.9 Å². The molecule has 0 radical (unpaired) electrons. The van der Waals surface area contributed by atoms with Crippen LogP contribution in [-0.4, -0.2) is 71.5 Å². The number of hydrogen-bond acceptors (Lipinski definition) is 5. The van der Waals surface area contributed by atoms with E-state index >= 15 is 0 Å². The minimum atomic E-state index is -0.379. The number of hydroxylamine groups is 1. The van der Waals surface area contributed by atoms with E-state index in [-0.39, 0.29) is 18.4 Å². The Hall–Kier alpha value is -2.74. The van der Waals surface area contributed by atoms with E-state index in [2.05, 4.69) is 4.90 Å². The molecule has 0 unspecified atom stereocenters. The number of piperazine rings is 1. The lowest BCUT2D eigenvalue weighted by Crippen LogP contribution is -2.48. The van der Waals surface area contributed by atoms with E-state index in [1.807, 2.05) is 66.5 Å². The second kappa shape index (κ2) is 10.2. The molecule has 2 N–H and O–H groups in total. The zero-order chi connectivity index (χ0) is 20.6. The molecule has 2 aromatic carbocycles. The van der Waals surface area contributed by atoms with Crippen LogP contribution in [0, 0.1) is 0 Å². The highest BCUT2D eigenvalue weighted by Crippen LogP contribution is 2.13. The van der Waals surface area contributed by atoms with Crippen molar-refractivity contribution in [2.45, 2.75) is 13.1 Å². The Morgan fingerprint density at radius 2 is 1.55 bits per heavy atom. The summed E-state index contributed by atoms with van der Waals surface area (Å²) in [5.41, 5.74) is 4.63. The van der Waals surface area contributed by atoms with Gasteiger partial charge in [-0.05, 0) is 23.3 Å². The summed E-state index contributed by atoms with van der Waals surface area (Å²) in [5.74, 6) is -0.368. The Kier molecular flexibility index (Phi) is 7.35. The molecule has 154 valence electrons. The van der Waals surface area contributed by atoms with Gasteiger partial charge in [0.25, 0.3) is 11.8 Å². The summed E-state index contributed by atoms with van der Waals surface area (Å²) in [4.78, 5) is 30.0. The van der Waals surface area contributed by atoms with Gasteiger partial charge in [-0.2, -0.15) is 0 Å². The van der Waals surface area contributed by atoms with Gasteiger partial charge in [0, 0.05) is 51.9 Å². The molecule has 0 spiro atoms. The van der Waals surface area contributed by atoms with Crippen LogP contribution in [0.5, 0.6) is 0 Å². The lowest BCUT2D eigenvalue weighted by Gasteiger charge is -2.34. The SMILES string of the molecule is CN(Cc1ccccc1)C(=O)c1ccc(CN2CCN(CC(=O)NO)CC2)cc1. The Morgan fingerprint density at radius 3 is 2.17 bits per heavy atom. The summed E-state index contributed by atoms with van der Waals surface area (Å²) in [6, 6.07) is 17.8. The maximum atomic E-state index is 12.7. The first-order chi connectivity index (χ1) is 14.0. The maximum absolute atomic E-state index is 12.7. The summed E-state index contributed by atoms with van der Waals surface area (Å²) in [6.45, 7) is 4.91. The van der Waals surface area contributed by atoms with Crippen molar-refractivity contribution < 1.29 is 14.8 Å². The molecule has 7 nitrogen and oxygen atoms in total. The highest BCUT2D eigenvalue weighted by molar-refractivity contribution is 5.94. The van der Waals surface area contributed by atoms with Crippen LogP contribution in [0.3, 0.4) is 0 Å². The van der Waals surface area contributed by atoms with E-state index in [4.69, 9.17) is 5.21 Å². The Bertz CT molecular complexity index is 803. The first-order valence-electron chi connectivity index (χ1n) is 9.81. The van der Waals surface area contributed by atoms with Crippen LogP contribution in [0.15, 0.2) is 54.6 Å². The molecule has 0 saturated carbocycles. The van der Waals surface area contributed by atoms with E-state index < -0.39 is 0 Å². The zero-order valence-corrected chi connectivity index (χ0v) is 16.8. The van der Waals surface area contributed by atoms with Crippen LogP contribution in [0.4, 0.5) is 0 Å². The largest absolute Gasteiger partial charge is 0.337 e. The number of carbonyl (C=O) groups is 2. The average Bonchev–Trinajstić information content (AvgIpc) is 2.75. The number of amides is 2. The third kappa shape index (κ3) is 6.12. The van der Waals surface area contributed by atoms with Crippen LogP contribution in [0.1, 0.15) is 21.5 Å². The average molecular weight is 396 g/mol. The number of nitrogens with one attached hydrogen (secondary N) is 1. The highest BCUT2D eigenvalue weighted by atomic mass is 16.5. The van der Waals surface area contributed by atoms with E-state index in [0.717, 1.165) is 43.9 Å². The van der Waals surface area contributed by atoms with Gasteiger partial charge < -0.3 is 4.90 Å². The number of nitrogens with zero attached hydrogens (tertiary/aromatic N) is 3. The summed E-state index contributed by atoms with van der Waals surface area (Å²) < 4.78 is 0. The summed E-state index contributed by atoms with van der Waals surface area (Å²) in [7, 11) is 1.82. The van der Waals surface area contributed by atoms with Gasteiger partial charge in [-0.3, -0.25) is 24.6 Å². The molecule has 0 atom stereocenters.